The minimum Gasteiger partial charge on any atom is -0.479 e. The Bertz CT molecular complexity index is 909. The first-order chi connectivity index (χ1) is 13.9. The van der Waals surface area contributed by atoms with E-state index < -0.39 is 30.0 Å². The molecule has 0 unspecified atom stereocenters. The monoisotopic (exact) mass is 416 g/mol. The zero-order valence-corrected chi connectivity index (χ0v) is 17.2. The van der Waals surface area contributed by atoms with Crippen LogP contribution in [0.4, 0.5) is 5.00 Å². The number of fused-ring (bicyclic) bond motifs is 1. The lowest BCUT2D eigenvalue weighted by molar-refractivity contribution is -0.160. The second kappa shape index (κ2) is 9.09. The summed E-state index contributed by atoms with van der Waals surface area (Å²) in [5.41, 5.74) is 6.80. The van der Waals surface area contributed by atoms with E-state index in [0.29, 0.717) is 22.7 Å². The highest BCUT2D eigenvalue weighted by molar-refractivity contribution is 7.17. The van der Waals surface area contributed by atoms with Gasteiger partial charge >= 0.3 is 5.97 Å². The smallest absolute Gasteiger partial charge is 0.348 e. The van der Waals surface area contributed by atoms with Crippen molar-refractivity contribution in [1.82, 2.24) is 0 Å². The van der Waals surface area contributed by atoms with Crippen molar-refractivity contribution < 1.29 is 23.9 Å². The molecule has 29 heavy (non-hydrogen) atoms. The SMILES string of the molecule is CC[C@@H](Oc1ccccc1)C(=O)O[C@@H](C)C(=O)Nc1sc2c(c1C(N)=O)CCC2. The van der Waals surface area contributed by atoms with E-state index in [4.69, 9.17) is 15.2 Å². The second-order valence-corrected chi connectivity index (χ2v) is 7.93. The van der Waals surface area contributed by atoms with Gasteiger partial charge in [0.15, 0.2) is 12.2 Å². The Balaban J connectivity index is 1.63. The maximum Gasteiger partial charge on any atom is 0.348 e. The molecule has 0 saturated carbocycles. The van der Waals surface area contributed by atoms with E-state index in [1.807, 2.05) is 6.07 Å². The predicted molar refractivity (Wildman–Crippen MR) is 110 cm³/mol. The molecule has 3 N–H and O–H groups in total. The fraction of sp³-hybridized carbons (Fsp3) is 0.381. The van der Waals surface area contributed by atoms with Crippen molar-refractivity contribution in [2.75, 3.05) is 5.32 Å². The topological polar surface area (TPSA) is 108 Å². The Morgan fingerprint density at radius 3 is 2.59 bits per heavy atom. The van der Waals surface area contributed by atoms with E-state index >= 15 is 0 Å². The molecule has 0 spiro atoms. The molecule has 2 aromatic rings. The van der Waals surface area contributed by atoms with Gasteiger partial charge in [-0.25, -0.2) is 4.79 Å². The van der Waals surface area contributed by atoms with Gasteiger partial charge in [0.1, 0.15) is 10.8 Å². The summed E-state index contributed by atoms with van der Waals surface area (Å²) >= 11 is 1.36. The molecule has 1 heterocycles. The highest BCUT2D eigenvalue weighted by Gasteiger charge is 2.29. The van der Waals surface area contributed by atoms with Crippen LogP contribution in [0.1, 0.15) is 47.5 Å². The van der Waals surface area contributed by atoms with Crippen LogP contribution in [0, 0.1) is 0 Å². The van der Waals surface area contributed by atoms with E-state index in [1.54, 1.807) is 31.2 Å². The van der Waals surface area contributed by atoms with E-state index in [1.165, 1.54) is 18.3 Å². The summed E-state index contributed by atoms with van der Waals surface area (Å²) in [6, 6.07) is 8.94. The Kier molecular flexibility index (Phi) is 6.53. The minimum absolute atomic E-state index is 0.369. The molecule has 0 aliphatic heterocycles. The average Bonchev–Trinajstić information content (AvgIpc) is 3.27. The molecule has 1 aliphatic rings. The lowest BCUT2D eigenvalue weighted by atomic mass is 10.1. The Morgan fingerprint density at radius 2 is 1.93 bits per heavy atom. The molecule has 0 bridgehead atoms. The summed E-state index contributed by atoms with van der Waals surface area (Å²) in [7, 11) is 0. The third kappa shape index (κ3) is 4.76. The predicted octanol–water partition coefficient (Wildman–Crippen LogP) is 3.06. The van der Waals surface area contributed by atoms with E-state index in [0.717, 1.165) is 29.7 Å². The molecule has 0 radical (unpaired) electrons. The summed E-state index contributed by atoms with van der Waals surface area (Å²) in [4.78, 5) is 37.9. The number of nitrogens with two attached hydrogens (primary N) is 1. The molecule has 2 atom stereocenters. The molecule has 8 heteroatoms. The molecular weight excluding hydrogens is 392 g/mol. The summed E-state index contributed by atoms with van der Waals surface area (Å²) in [5.74, 6) is -1.16. The van der Waals surface area contributed by atoms with Crippen LogP contribution in [0.15, 0.2) is 30.3 Å². The van der Waals surface area contributed by atoms with Gasteiger partial charge in [-0.2, -0.15) is 0 Å². The van der Waals surface area contributed by atoms with Gasteiger partial charge in [-0.15, -0.1) is 11.3 Å². The maximum atomic E-state index is 12.5. The van der Waals surface area contributed by atoms with Crippen molar-refractivity contribution in [2.45, 2.75) is 51.7 Å². The molecule has 3 rings (SSSR count). The Morgan fingerprint density at radius 1 is 1.21 bits per heavy atom. The molecule has 1 aliphatic carbocycles. The number of carbonyl (C=O) groups excluding carboxylic acids is 3. The second-order valence-electron chi connectivity index (χ2n) is 6.82. The van der Waals surface area contributed by atoms with Crippen LogP contribution >= 0.6 is 11.3 Å². The van der Waals surface area contributed by atoms with Crippen LogP contribution in [0.2, 0.25) is 0 Å². The van der Waals surface area contributed by atoms with E-state index in [-0.39, 0.29) is 0 Å². The van der Waals surface area contributed by atoms with Gasteiger partial charge in [0.2, 0.25) is 0 Å². The van der Waals surface area contributed by atoms with Gasteiger partial charge in [0.25, 0.3) is 11.8 Å². The van der Waals surface area contributed by atoms with Crippen LogP contribution < -0.4 is 15.8 Å². The van der Waals surface area contributed by atoms with Gasteiger partial charge in [0, 0.05) is 4.88 Å². The van der Waals surface area contributed by atoms with Crippen LogP contribution in [-0.4, -0.2) is 30.0 Å². The minimum atomic E-state index is -1.05. The number of thiophene rings is 1. The van der Waals surface area contributed by atoms with Gasteiger partial charge in [-0.05, 0) is 50.3 Å². The number of anilines is 1. The highest BCUT2D eigenvalue weighted by Crippen LogP contribution is 2.38. The van der Waals surface area contributed by atoms with Crippen molar-refractivity contribution in [3.8, 4) is 5.75 Å². The number of carbonyl (C=O) groups is 3. The first-order valence-corrected chi connectivity index (χ1v) is 10.4. The number of hydrogen-bond acceptors (Lipinski definition) is 6. The molecular formula is C21H24N2O5S. The third-order valence-corrected chi connectivity index (χ3v) is 5.93. The van der Waals surface area contributed by atoms with Crippen LogP contribution in [-0.2, 0) is 27.2 Å². The molecule has 0 fully saturated rings. The van der Waals surface area contributed by atoms with Crippen molar-refractivity contribution in [2.24, 2.45) is 5.73 Å². The quantitative estimate of drug-likeness (QED) is 0.643. The molecule has 1 aromatic carbocycles. The summed E-state index contributed by atoms with van der Waals surface area (Å²) in [6.45, 7) is 3.28. The van der Waals surface area contributed by atoms with Gasteiger partial charge in [-0.1, -0.05) is 25.1 Å². The number of nitrogens with one attached hydrogen (secondary N) is 1. The number of rotatable bonds is 8. The zero-order chi connectivity index (χ0) is 21.0. The average molecular weight is 416 g/mol. The van der Waals surface area contributed by atoms with Crippen molar-refractivity contribution >= 4 is 34.1 Å². The number of hydrogen-bond donors (Lipinski definition) is 2. The maximum absolute atomic E-state index is 12.5. The zero-order valence-electron chi connectivity index (χ0n) is 16.4. The number of esters is 1. The van der Waals surface area contributed by atoms with Gasteiger partial charge < -0.3 is 20.5 Å². The first kappa shape index (κ1) is 20.9. The number of aryl methyl sites for hydroxylation is 1. The highest BCUT2D eigenvalue weighted by atomic mass is 32.1. The molecule has 2 amide bonds. The van der Waals surface area contributed by atoms with Crippen LogP contribution in [0.25, 0.3) is 0 Å². The van der Waals surface area contributed by atoms with Crippen molar-refractivity contribution in [1.29, 1.82) is 0 Å². The lowest BCUT2D eigenvalue weighted by Gasteiger charge is -2.19. The number of benzene rings is 1. The number of amides is 2. The standard InChI is InChI=1S/C21H24N2O5S/c1-3-15(28-13-8-5-4-6-9-13)21(26)27-12(2)19(25)23-20-17(18(22)24)14-10-7-11-16(14)29-20/h4-6,8-9,12,15H,3,7,10-11H2,1-2H3,(H2,22,24)(H,23,25)/t12-,15+/m0/s1. The fourth-order valence-electron chi connectivity index (χ4n) is 3.23. The Labute approximate surface area is 173 Å². The van der Waals surface area contributed by atoms with E-state index in [9.17, 15) is 14.4 Å². The molecule has 1 aromatic heterocycles. The van der Waals surface area contributed by atoms with Crippen LogP contribution in [0.5, 0.6) is 5.75 Å². The largest absolute Gasteiger partial charge is 0.479 e. The van der Waals surface area contributed by atoms with Crippen molar-refractivity contribution in [3.05, 3.63) is 46.3 Å². The molecule has 154 valence electrons. The molecule has 0 saturated heterocycles. The summed E-state index contributed by atoms with van der Waals surface area (Å²) in [5, 5.41) is 3.11. The summed E-state index contributed by atoms with van der Waals surface area (Å²) < 4.78 is 11.0. The van der Waals surface area contributed by atoms with Gasteiger partial charge in [0.05, 0.1) is 5.56 Å². The first-order valence-electron chi connectivity index (χ1n) is 9.58. The lowest BCUT2D eigenvalue weighted by Crippen LogP contribution is -2.36. The van der Waals surface area contributed by atoms with E-state index in [2.05, 4.69) is 5.32 Å². The number of ether oxygens (including phenoxy) is 2. The number of para-hydroxylation sites is 1. The number of primary amides is 1. The van der Waals surface area contributed by atoms with Gasteiger partial charge in [-0.3, -0.25) is 9.59 Å². The summed E-state index contributed by atoms with van der Waals surface area (Å²) in [6.07, 6.45) is 1.15. The third-order valence-electron chi connectivity index (χ3n) is 4.72. The fourth-order valence-corrected chi connectivity index (χ4v) is 4.53. The Hall–Kier alpha value is -2.87. The van der Waals surface area contributed by atoms with Crippen LogP contribution in [0.3, 0.4) is 0 Å². The molecule has 7 nitrogen and oxygen atoms in total. The van der Waals surface area contributed by atoms with Crippen molar-refractivity contribution in [3.63, 3.8) is 0 Å². The normalized spacial score (nSPS) is 14.6.